The molecule has 1 unspecified atom stereocenters. The first kappa shape index (κ1) is 81.4. The zero-order valence-electron chi connectivity index (χ0n) is 60.2. The van der Waals surface area contributed by atoms with E-state index in [0.717, 1.165) is 18.4 Å². The number of aliphatic hydroxyl groups excluding tert-OH is 19. The van der Waals surface area contributed by atoms with Gasteiger partial charge in [-0.05, 0) is 123 Å². The Morgan fingerprint density at radius 2 is 1.01 bits per heavy atom. The average molecular weight is 1500 g/mol. The molecule has 12 aliphatic rings. The number of hydrogen-bond donors (Lipinski definition) is 19. The van der Waals surface area contributed by atoms with Crippen LogP contribution >= 0.6 is 0 Å². The fraction of sp³-hybridized carbons (Fsp3) is 0.957. The molecule has 0 bridgehead atoms. The van der Waals surface area contributed by atoms with Crippen molar-refractivity contribution in [3.05, 3.63) is 11.6 Å². The second kappa shape index (κ2) is 30.8. The molecule has 104 heavy (non-hydrogen) atoms. The lowest BCUT2D eigenvalue weighted by Crippen LogP contribution is -2.67. The molecule has 0 aromatic carbocycles. The highest BCUT2D eigenvalue weighted by Gasteiger charge is 2.71. The molecule has 11 fully saturated rings. The van der Waals surface area contributed by atoms with E-state index in [4.69, 9.17) is 66.3 Å². The summed E-state index contributed by atoms with van der Waals surface area (Å²) in [6.07, 6.45) is -46.6. The van der Waals surface area contributed by atoms with Gasteiger partial charge in [0.15, 0.2) is 37.7 Å². The maximum absolute atomic E-state index is 15.4. The maximum Gasteiger partial charge on any atom is 0.315 e. The van der Waals surface area contributed by atoms with E-state index in [1.165, 1.54) is 13.8 Å². The number of carbonyl (C=O) groups is 1. The molecule has 0 radical (unpaired) electrons. The summed E-state index contributed by atoms with van der Waals surface area (Å²) in [5.41, 5.74) is -1.86. The van der Waals surface area contributed by atoms with E-state index in [9.17, 15) is 97.0 Å². The van der Waals surface area contributed by atoms with Crippen molar-refractivity contribution < 1.29 is 168 Å². The molecule has 41 atom stereocenters. The summed E-state index contributed by atoms with van der Waals surface area (Å²) < 4.78 is 84.1. The summed E-state index contributed by atoms with van der Waals surface area (Å²) in [6.45, 7) is 15.4. The lowest BCUT2D eigenvalue weighted by molar-refractivity contribution is -0.388. The Labute approximate surface area is 602 Å². The Hall–Kier alpha value is -2.07. The summed E-state index contributed by atoms with van der Waals surface area (Å²) in [5, 5.41) is 207. The van der Waals surface area contributed by atoms with Gasteiger partial charge in [-0.2, -0.15) is 0 Å². The summed E-state index contributed by atoms with van der Waals surface area (Å²) in [7, 11) is 0. The number of ether oxygens (including phenoxy) is 14. The van der Waals surface area contributed by atoms with E-state index in [-0.39, 0.29) is 34.0 Å². The Kier molecular flexibility index (Phi) is 24.1. The zero-order valence-corrected chi connectivity index (χ0v) is 60.2. The van der Waals surface area contributed by atoms with E-state index >= 15 is 4.79 Å². The molecule has 12 rings (SSSR count). The van der Waals surface area contributed by atoms with Crippen molar-refractivity contribution in [1.29, 1.82) is 0 Å². The molecule has 7 aliphatic heterocycles. The molecule has 0 spiro atoms. The van der Waals surface area contributed by atoms with Gasteiger partial charge in [0.25, 0.3) is 0 Å². The number of rotatable bonds is 17. The van der Waals surface area contributed by atoms with Crippen LogP contribution in [0.1, 0.15) is 127 Å². The van der Waals surface area contributed by atoms with Crippen LogP contribution in [0.2, 0.25) is 0 Å². The van der Waals surface area contributed by atoms with Crippen molar-refractivity contribution in [2.45, 2.75) is 335 Å². The number of esters is 1. The van der Waals surface area contributed by atoms with Crippen LogP contribution in [-0.2, 0) is 71.1 Å². The number of aliphatic hydroxyl groups is 19. The van der Waals surface area contributed by atoms with Crippen LogP contribution in [0.3, 0.4) is 0 Å². The van der Waals surface area contributed by atoms with Gasteiger partial charge in [0, 0.05) is 0 Å². The van der Waals surface area contributed by atoms with Crippen LogP contribution in [0.4, 0.5) is 0 Å². The molecule has 0 amide bonds. The zero-order chi connectivity index (χ0) is 75.7. The monoisotopic (exact) mass is 1500 g/mol. The number of allylic oxidation sites excluding steroid dienone is 2. The maximum atomic E-state index is 15.4. The highest BCUT2D eigenvalue weighted by atomic mass is 16.8. The molecular formula is C70H114O34. The Morgan fingerprint density at radius 3 is 1.68 bits per heavy atom. The van der Waals surface area contributed by atoms with Gasteiger partial charge >= 0.3 is 5.97 Å². The van der Waals surface area contributed by atoms with E-state index in [0.29, 0.717) is 51.4 Å². The van der Waals surface area contributed by atoms with Crippen molar-refractivity contribution in [3.63, 3.8) is 0 Å². The minimum atomic E-state index is -1.93. The fourth-order valence-electron chi connectivity index (χ4n) is 20.2. The topological polar surface area (TPSA) is 531 Å². The molecule has 34 nitrogen and oxygen atoms in total. The second-order valence-corrected chi connectivity index (χ2v) is 33.8. The predicted octanol–water partition coefficient (Wildman–Crippen LogP) is -5.23. The normalized spacial score (nSPS) is 54.7. The molecule has 5 aliphatic carbocycles. The summed E-state index contributed by atoms with van der Waals surface area (Å²) in [5.74, 6) is -0.845. The quantitative estimate of drug-likeness (QED) is 0.0368. The molecule has 0 aromatic rings. The van der Waals surface area contributed by atoms with Gasteiger partial charge in [-0.1, -0.05) is 60.1 Å². The largest absolute Gasteiger partial charge is 0.432 e. The van der Waals surface area contributed by atoms with Crippen LogP contribution in [0.25, 0.3) is 0 Å². The van der Waals surface area contributed by atoms with E-state index in [2.05, 4.69) is 54.5 Å². The molecule has 0 aromatic heterocycles. The highest BCUT2D eigenvalue weighted by molar-refractivity contribution is 5.79. The second-order valence-electron chi connectivity index (χ2n) is 33.8. The van der Waals surface area contributed by atoms with Gasteiger partial charge in [-0.15, -0.1) is 0 Å². The molecule has 4 saturated carbocycles. The van der Waals surface area contributed by atoms with Gasteiger partial charge in [-0.25, -0.2) is 0 Å². The smallest absolute Gasteiger partial charge is 0.315 e. The first-order valence-corrected chi connectivity index (χ1v) is 36.9. The molecule has 19 N–H and O–H groups in total. The Bertz CT molecular complexity index is 2950. The van der Waals surface area contributed by atoms with Crippen molar-refractivity contribution in [2.24, 2.45) is 50.2 Å². The number of hydrogen-bond acceptors (Lipinski definition) is 34. The van der Waals surface area contributed by atoms with Gasteiger partial charge in [0.05, 0.1) is 56.8 Å². The van der Waals surface area contributed by atoms with Crippen molar-refractivity contribution in [1.82, 2.24) is 0 Å². The standard InChI is InChI=1S/C70H114O34/c1-26-38(74)44(80)49(85)59(94-26)101-54-32(22-72)97-57(52(88)47(54)83)92-24-33-42(78)46(82)51(87)61(98-33)104-64(90)70-18-16-65(3,4)20-29(70)28-10-11-36-67(7)14-13-37(66(5,6)35(67)12-15-69(36,9)68(28,8)17-19-70)100-63-56(43(79)34(25-93-63)99-60-50(86)45(81)41(77)31(21-71)96-60)103-62-53(89)55(39(75)27(2)95-62)102-58-48(84)40(76)30(73)23-91-58/h10,26-27,29-63,71-89H,11-25H2,1-9H3/t26-,27-,29-,30-,31+,32+,33+,34-,35-,36+,37-,38-,39-,40-,41+,42+,43-,44+,45-,46-,47+,48+,49+,50+,51+,52+,53+,54+,55+,56+,57+,58-,59-,60-,61?,62-,63-,67-,68+,69+,70-/m0/s1. The van der Waals surface area contributed by atoms with E-state index in [1.54, 1.807) is 0 Å². The minimum absolute atomic E-state index is 0.0177. The lowest BCUT2D eigenvalue weighted by Gasteiger charge is -2.71. The Balaban J connectivity index is 0.742. The van der Waals surface area contributed by atoms with E-state index in [1.807, 2.05) is 0 Å². The van der Waals surface area contributed by atoms with E-state index < -0.39 is 264 Å². The third-order valence-electron chi connectivity index (χ3n) is 26.9. The first-order chi connectivity index (χ1) is 48.8. The third kappa shape index (κ3) is 14.3. The SMILES string of the molecule is C[C@@H]1O[C@@H](O[C@H]2[C@H](O)[C@@H](O)[C@H](OC[C@H]3OC(OC(=O)[C@]45CCC(C)(C)C[C@H]4C4=CC[C@@H]6[C@@]7(C)CC[C@H](O[C@@H]8OC[C@H](O[C@@H]9O[C@H](CO)[C@@H](O)[C@H](O)[C@H]9O)[C@H](O)[C@H]8O[C@@H]8O[C@@H](C)[C@H](O)[C@@H](O[C@@H]9OC[C@H](O)[C@H](O)[C@H]9O)[C@H]8O)C(C)(C)[C@@H]7CC[C@@]6(C)[C@]4(C)CC5)[C@H](O)[C@@H](O)[C@@H]3O)O[C@@H]2CO)[C@H](O)[C@H](O)[C@H]1O. The Morgan fingerprint density at radius 1 is 0.462 bits per heavy atom. The van der Waals surface area contributed by atoms with Crippen molar-refractivity contribution >= 4 is 5.97 Å². The van der Waals surface area contributed by atoms with Gasteiger partial charge in [-0.3, -0.25) is 4.79 Å². The molecule has 7 saturated heterocycles. The van der Waals surface area contributed by atoms with Crippen molar-refractivity contribution in [2.75, 3.05) is 33.0 Å². The third-order valence-corrected chi connectivity index (χ3v) is 26.9. The molecule has 598 valence electrons. The number of carbonyl (C=O) groups excluding carboxylic acids is 1. The predicted molar refractivity (Wildman–Crippen MR) is 346 cm³/mol. The first-order valence-electron chi connectivity index (χ1n) is 36.9. The van der Waals surface area contributed by atoms with Crippen LogP contribution in [0.15, 0.2) is 11.6 Å². The molecule has 7 heterocycles. The van der Waals surface area contributed by atoms with Gasteiger partial charge in [0.2, 0.25) is 6.29 Å². The van der Waals surface area contributed by atoms with Crippen molar-refractivity contribution in [3.8, 4) is 0 Å². The highest BCUT2D eigenvalue weighted by Crippen LogP contribution is 2.76. The minimum Gasteiger partial charge on any atom is -0.432 e. The number of fused-ring (bicyclic) bond motifs is 7. The van der Waals surface area contributed by atoms with Crippen LogP contribution in [0, 0.1) is 50.2 Å². The molecule has 34 heteroatoms. The van der Waals surface area contributed by atoms with Gasteiger partial charge in [0.1, 0.15) is 146 Å². The molecular weight excluding hydrogens is 1380 g/mol. The van der Waals surface area contributed by atoms with Crippen LogP contribution in [-0.4, -0.2) is 345 Å². The average Bonchev–Trinajstić information content (AvgIpc) is 0.674. The van der Waals surface area contributed by atoms with Gasteiger partial charge < -0.3 is 163 Å². The van der Waals surface area contributed by atoms with Crippen LogP contribution < -0.4 is 0 Å². The lowest BCUT2D eigenvalue weighted by atomic mass is 9.33. The van der Waals surface area contributed by atoms with Crippen LogP contribution in [0.5, 0.6) is 0 Å². The summed E-state index contributed by atoms with van der Waals surface area (Å²) in [4.78, 5) is 15.4. The summed E-state index contributed by atoms with van der Waals surface area (Å²) in [6, 6.07) is 0. The summed E-state index contributed by atoms with van der Waals surface area (Å²) >= 11 is 0. The fourth-order valence-corrected chi connectivity index (χ4v) is 20.2.